The summed E-state index contributed by atoms with van der Waals surface area (Å²) in [6.07, 6.45) is 8.01. The van der Waals surface area contributed by atoms with Gasteiger partial charge in [-0.2, -0.15) is 0 Å². The van der Waals surface area contributed by atoms with Gasteiger partial charge in [-0.25, -0.2) is 0 Å². The average molecular weight is 229 g/mol. The maximum absolute atomic E-state index is 3.74. The number of benzene rings is 1. The Labute approximate surface area is 105 Å². The van der Waals surface area contributed by atoms with Crippen LogP contribution in [0.4, 0.5) is 0 Å². The van der Waals surface area contributed by atoms with Crippen molar-refractivity contribution in [2.75, 3.05) is 6.54 Å². The van der Waals surface area contributed by atoms with E-state index in [9.17, 15) is 0 Å². The highest BCUT2D eigenvalue weighted by atomic mass is 14.9. The minimum Gasteiger partial charge on any atom is -0.310 e. The van der Waals surface area contributed by atoms with Crippen molar-refractivity contribution in [1.29, 1.82) is 0 Å². The number of hydrogen-bond donors (Lipinski definition) is 1. The number of hydrogen-bond acceptors (Lipinski definition) is 1. The standard InChI is InChI=1S/C16H23N/c1-2-10-17-16(13-7-8-13)15-9-6-12-4-3-5-14(12)11-15/h6,9,11,13,16-17H,2-5,7-8,10H2,1H3. The summed E-state index contributed by atoms with van der Waals surface area (Å²) in [6, 6.07) is 7.85. The first-order valence-electron chi connectivity index (χ1n) is 7.23. The molecule has 1 fully saturated rings. The predicted octanol–water partition coefficient (Wildman–Crippen LogP) is 3.63. The van der Waals surface area contributed by atoms with Gasteiger partial charge >= 0.3 is 0 Å². The second-order valence-electron chi connectivity index (χ2n) is 5.65. The first-order valence-corrected chi connectivity index (χ1v) is 7.23. The Morgan fingerprint density at radius 1 is 1.24 bits per heavy atom. The summed E-state index contributed by atoms with van der Waals surface area (Å²) in [6.45, 7) is 3.40. The van der Waals surface area contributed by atoms with Gasteiger partial charge in [0, 0.05) is 6.04 Å². The first-order chi connectivity index (χ1) is 8.38. The fourth-order valence-corrected chi connectivity index (χ4v) is 3.07. The molecule has 92 valence electrons. The number of rotatable bonds is 5. The van der Waals surface area contributed by atoms with Crippen LogP contribution in [-0.4, -0.2) is 6.54 Å². The summed E-state index contributed by atoms with van der Waals surface area (Å²) in [5.74, 6) is 0.904. The van der Waals surface area contributed by atoms with Crippen LogP contribution in [0.5, 0.6) is 0 Å². The lowest BCUT2D eigenvalue weighted by Gasteiger charge is -2.19. The number of nitrogens with one attached hydrogen (secondary N) is 1. The quantitative estimate of drug-likeness (QED) is 0.813. The molecule has 1 aromatic carbocycles. The molecule has 2 aliphatic rings. The molecule has 1 aromatic rings. The zero-order chi connectivity index (χ0) is 11.7. The lowest BCUT2D eigenvalue weighted by atomic mass is 9.98. The molecule has 2 aliphatic carbocycles. The van der Waals surface area contributed by atoms with Crippen molar-refractivity contribution in [2.45, 2.75) is 51.5 Å². The molecule has 0 aromatic heterocycles. The van der Waals surface area contributed by atoms with Crippen molar-refractivity contribution in [3.63, 3.8) is 0 Å². The number of fused-ring (bicyclic) bond motifs is 1. The van der Waals surface area contributed by atoms with Crippen molar-refractivity contribution in [2.24, 2.45) is 5.92 Å². The van der Waals surface area contributed by atoms with Gasteiger partial charge in [0.05, 0.1) is 0 Å². The van der Waals surface area contributed by atoms with Crippen LogP contribution in [0, 0.1) is 5.92 Å². The van der Waals surface area contributed by atoms with Gasteiger partial charge < -0.3 is 5.32 Å². The van der Waals surface area contributed by atoms with Crippen molar-refractivity contribution >= 4 is 0 Å². The molecule has 0 aliphatic heterocycles. The summed E-state index contributed by atoms with van der Waals surface area (Å²) in [5.41, 5.74) is 4.76. The SMILES string of the molecule is CCCNC(c1ccc2c(c1)CCC2)C1CC1. The van der Waals surface area contributed by atoms with Crippen LogP contribution in [0.2, 0.25) is 0 Å². The van der Waals surface area contributed by atoms with E-state index in [4.69, 9.17) is 0 Å². The molecule has 0 saturated heterocycles. The molecule has 0 radical (unpaired) electrons. The molecular weight excluding hydrogens is 206 g/mol. The highest BCUT2D eigenvalue weighted by Gasteiger charge is 2.32. The molecule has 1 heteroatoms. The van der Waals surface area contributed by atoms with E-state index >= 15 is 0 Å². The summed E-state index contributed by atoms with van der Waals surface area (Å²) in [4.78, 5) is 0. The second-order valence-corrected chi connectivity index (χ2v) is 5.65. The predicted molar refractivity (Wildman–Crippen MR) is 72.2 cm³/mol. The fraction of sp³-hybridized carbons (Fsp3) is 0.625. The maximum Gasteiger partial charge on any atom is 0.0348 e. The van der Waals surface area contributed by atoms with E-state index < -0.39 is 0 Å². The second kappa shape index (κ2) is 4.81. The Hall–Kier alpha value is -0.820. The molecule has 1 atom stereocenters. The zero-order valence-electron chi connectivity index (χ0n) is 10.8. The third-order valence-corrected chi connectivity index (χ3v) is 4.19. The molecule has 1 N–H and O–H groups in total. The smallest absolute Gasteiger partial charge is 0.0348 e. The van der Waals surface area contributed by atoms with Crippen molar-refractivity contribution < 1.29 is 0 Å². The van der Waals surface area contributed by atoms with Gasteiger partial charge in [-0.05, 0) is 67.7 Å². The van der Waals surface area contributed by atoms with Gasteiger partial charge in [0.1, 0.15) is 0 Å². The normalized spacial score (nSPS) is 20.3. The van der Waals surface area contributed by atoms with Gasteiger partial charge in [-0.3, -0.25) is 0 Å². The van der Waals surface area contributed by atoms with Crippen LogP contribution in [0.1, 0.15) is 55.3 Å². The van der Waals surface area contributed by atoms with Crippen LogP contribution in [0.15, 0.2) is 18.2 Å². The van der Waals surface area contributed by atoms with E-state index in [2.05, 4.69) is 30.4 Å². The summed E-state index contributed by atoms with van der Waals surface area (Å²) >= 11 is 0. The lowest BCUT2D eigenvalue weighted by Crippen LogP contribution is -2.23. The summed E-state index contributed by atoms with van der Waals surface area (Å²) in [7, 11) is 0. The van der Waals surface area contributed by atoms with Crippen LogP contribution >= 0.6 is 0 Å². The minimum absolute atomic E-state index is 0.626. The highest BCUT2D eigenvalue weighted by molar-refractivity contribution is 5.37. The van der Waals surface area contributed by atoms with Crippen LogP contribution < -0.4 is 5.32 Å². The molecule has 3 rings (SSSR count). The Kier molecular flexibility index (Phi) is 3.19. The minimum atomic E-state index is 0.626. The Morgan fingerprint density at radius 3 is 2.82 bits per heavy atom. The van der Waals surface area contributed by atoms with E-state index in [0.717, 1.165) is 12.5 Å². The van der Waals surface area contributed by atoms with Crippen molar-refractivity contribution in [3.05, 3.63) is 34.9 Å². The zero-order valence-corrected chi connectivity index (χ0v) is 10.8. The molecule has 1 nitrogen and oxygen atoms in total. The van der Waals surface area contributed by atoms with E-state index in [1.807, 2.05) is 0 Å². The van der Waals surface area contributed by atoms with Gasteiger partial charge in [0.2, 0.25) is 0 Å². The van der Waals surface area contributed by atoms with E-state index in [-0.39, 0.29) is 0 Å². The highest BCUT2D eigenvalue weighted by Crippen LogP contribution is 2.41. The van der Waals surface area contributed by atoms with Gasteiger partial charge in [-0.15, -0.1) is 0 Å². The molecule has 17 heavy (non-hydrogen) atoms. The fourth-order valence-electron chi connectivity index (χ4n) is 3.07. The Bertz CT molecular complexity index is 393. The topological polar surface area (TPSA) is 12.0 Å². The molecule has 0 bridgehead atoms. The van der Waals surface area contributed by atoms with Crippen LogP contribution in [0.3, 0.4) is 0 Å². The van der Waals surface area contributed by atoms with Crippen molar-refractivity contribution in [3.8, 4) is 0 Å². The van der Waals surface area contributed by atoms with Gasteiger partial charge in [0.15, 0.2) is 0 Å². The monoisotopic (exact) mass is 229 g/mol. The lowest BCUT2D eigenvalue weighted by molar-refractivity contribution is 0.481. The van der Waals surface area contributed by atoms with Gasteiger partial charge in [-0.1, -0.05) is 25.1 Å². The largest absolute Gasteiger partial charge is 0.310 e. The average Bonchev–Trinajstić information content (AvgIpc) is 3.07. The molecular formula is C16H23N. The van der Waals surface area contributed by atoms with E-state index in [0.29, 0.717) is 6.04 Å². The van der Waals surface area contributed by atoms with E-state index in [1.165, 1.54) is 38.5 Å². The van der Waals surface area contributed by atoms with Crippen molar-refractivity contribution in [1.82, 2.24) is 5.32 Å². The maximum atomic E-state index is 3.74. The molecule has 0 amide bonds. The summed E-state index contributed by atoms with van der Waals surface area (Å²) in [5, 5.41) is 3.74. The van der Waals surface area contributed by atoms with Gasteiger partial charge in [0.25, 0.3) is 0 Å². The Morgan fingerprint density at radius 2 is 2.06 bits per heavy atom. The molecule has 0 heterocycles. The third-order valence-electron chi connectivity index (χ3n) is 4.19. The summed E-state index contributed by atoms with van der Waals surface area (Å²) < 4.78 is 0. The van der Waals surface area contributed by atoms with E-state index in [1.54, 1.807) is 16.7 Å². The third kappa shape index (κ3) is 2.40. The molecule has 0 spiro atoms. The molecule has 1 unspecified atom stereocenters. The first kappa shape index (κ1) is 11.3. The Balaban J connectivity index is 1.80. The van der Waals surface area contributed by atoms with Crippen LogP contribution in [0.25, 0.3) is 0 Å². The molecule has 1 saturated carbocycles. The number of aryl methyl sites for hydroxylation is 2. The van der Waals surface area contributed by atoms with Crippen LogP contribution in [-0.2, 0) is 12.8 Å².